The number of carbonyl (C=O) groups excluding carboxylic acids is 1. The topological polar surface area (TPSA) is 124 Å². The maximum Gasteiger partial charge on any atom is 0.293 e. The van der Waals surface area contributed by atoms with Gasteiger partial charge in [-0.25, -0.2) is 4.39 Å². The molecule has 0 saturated heterocycles. The van der Waals surface area contributed by atoms with Crippen LogP contribution in [0.5, 0.6) is 11.5 Å². The van der Waals surface area contributed by atoms with Crippen LogP contribution in [0.15, 0.2) is 35.1 Å². The van der Waals surface area contributed by atoms with Crippen molar-refractivity contribution >= 4 is 11.6 Å². The molecular formula is C17H18FN3O6. The number of rotatable bonds is 8. The van der Waals surface area contributed by atoms with Crippen LogP contribution in [0.3, 0.4) is 0 Å². The Morgan fingerprint density at radius 1 is 1.41 bits per heavy atom. The third-order valence-corrected chi connectivity index (χ3v) is 3.79. The van der Waals surface area contributed by atoms with E-state index in [4.69, 9.17) is 4.74 Å². The molecule has 1 amide bonds. The lowest BCUT2D eigenvalue weighted by molar-refractivity contribution is -0.384. The Bertz CT molecular complexity index is 912. The highest BCUT2D eigenvalue weighted by molar-refractivity contribution is 5.96. The Kier molecular flexibility index (Phi) is 6.47. The number of benzene rings is 1. The minimum atomic E-state index is -0.955. The molecule has 1 aromatic heterocycles. The zero-order valence-corrected chi connectivity index (χ0v) is 14.5. The normalized spacial score (nSPS) is 10.4. The molecule has 2 rings (SSSR count). The number of nitrogens with zero attached hydrogens (tertiary/aromatic N) is 2. The molecule has 0 aliphatic heterocycles. The standard InChI is InChI=1S/C17H18FN3O6/c1-20-12(10-18)9-14(15(22)17(20)24)16(23)19-6-3-7-27-13-5-2-4-11(8-13)21(25)26/h2,4-5,8-9,22H,3,6-7,10H2,1H3,(H,19,23). The van der Waals surface area contributed by atoms with Crippen molar-refractivity contribution in [3.63, 3.8) is 0 Å². The number of pyridine rings is 1. The number of aromatic hydroxyl groups is 1. The van der Waals surface area contributed by atoms with Crippen molar-refractivity contribution in [1.29, 1.82) is 0 Å². The van der Waals surface area contributed by atoms with E-state index in [-0.39, 0.29) is 30.1 Å². The molecule has 0 fully saturated rings. The summed E-state index contributed by atoms with van der Waals surface area (Å²) in [7, 11) is 1.30. The third-order valence-electron chi connectivity index (χ3n) is 3.79. The molecule has 0 atom stereocenters. The van der Waals surface area contributed by atoms with Crippen LogP contribution in [-0.2, 0) is 13.7 Å². The molecule has 144 valence electrons. The molecule has 9 nitrogen and oxygen atoms in total. The zero-order chi connectivity index (χ0) is 20.0. The number of hydrogen-bond donors (Lipinski definition) is 2. The molecule has 10 heteroatoms. The molecule has 27 heavy (non-hydrogen) atoms. The minimum absolute atomic E-state index is 0.0306. The van der Waals surface area contributed by atoms with Gasteiger partial charge in [0.25, 0.3) is 17.2 Å². The van der Waals surface area contributed by atoms with Gasteiger partial charge in [-0.1, -0.05) is 6.07 Å². The highest BCUT2D eigenvalue weighted by atomic mass is 19.1. The molecule has 0 radical (unpaired) electrons. The summed E-state index contributed by atoms with van der Waals surface area (Å²) in [6, 6.07) is 6.81. The Morgan fingerprint density at radius 2 is 2.15 bits per heavy atom. The molecule has 2 N–H and O–H groups in total. The summed E-state index contributed by atoms with van der Waals surface area (Å²) < 4.78 is 19.2. The number of nitro groups is 1. The summed E-state index contributed by atoms with van der Waals surface area (Å²) in [6.07, 6.45) is 0.371. The number of amides is 1. The van der Waals surface area contributed by atoms with Crippen molar-refractivity contribution < 1.29 is 24.0 Å². The molecule has 0 spiro atoms. The van der Waals surface area contributed by atoms with Gasteiger partial charge >= 0.3 is 0 Å². The molecule has 0 aliphatic rings. The van der Waals surface area contributed by atoms with Crippen LogP contribution in [0.2, 0.25) is 0 Å². The Balaban J connectivity index is 1.88. The molecule has 0 saturated carbocycles. The third kappa shape index (κ3) is 4.81. The SMILES string of the molecule is Cn1c(CF)cc(C(=O)NCCCOc2cccc([N+](=O)[O-])c2)c(O)c1=O. The second-order valence-corrected chi connectivity index (χ2v) is 5.61. The fourth-order valence-electron chi connectivity index (χ4n) is 2.28. The highest BCUT2D eigenvalue weighted by Gasteiger charge is 2.17. The monoisotopic (exact) mass is 379 g/mol. The number of nitro benzene ring substituents is 1. The minimum Gasteiger partial charge on any atom is -0.502 e. The van der Waals surface area contributed by atoms with E-state index in [1.165, 1.54) is 25.2 Å². The number of alkyl halides is 1. The lowest BCUT2D eigenvalue weighted by atomic mass is 10.2. The van der Waals surface area contributed by atoms with Gasteiger partial charge in [-0.3, -0.25) is 19.7 Å². The van der Waals surface area contributed by atoms with E-state index in [2.05, 4.69) is 5.32 Å². The first kappa shape index (κ1) is 19.9. The van der Waals surface area contributed by atoms with Crippen molar-refractivity contribution in [3.05, 3.63) is 62.1 Å². The lowest BCUT2D eigenvalue weighted by Gasteiger charge is -2.11. The number of hydrogen-bond acceptors (Lipinski definition) is 6. The summed E-state index contributed by atoms with van der Waals surface area (Å²) in [4.78, 5) is 34.0. The maximum absolute atomic E-state index is 12.9. The smallest absolute Gasteiger partial charge is 0.293 e. The van der Waals surface area contributed by atoms with Crippen LogP contribution >= 0.6 is 0 Å². The molecule has 0 unspecified atom stereocenters. The number of non-ortho nitro benzene ring substituents is 1. The zero-order valence-electron chi connectivity index (χ0n) is 14.5. The van der Waals surface area contributed by atoms with Crippen LogP contribution < -0.4 is 15.6 Å². The molecular weight excluding hydrogens is 361 g/mol. The van der Waals surface area contributed by atoms with Gasteiger partial charge in [-0.05, 0) is 18.6 Å². The van der Waals surface area contributed by atoms with E-state index in [1.807, 2.05) is 0 Å². The number of ether oxygens (including phenoxy) is 1. The fourth-order valence-corrected chi connectivity index (χ4v) is 2.28. The van der Waals surface area contributed by atoms with E-state index in [9.17, 15) is 29.2 Å². The summed E-state index contributed by atoms with van der Waals surface area (Å²) in [6.45, 7) is -0.615. The van der Waals surface area contributed by atoms with E-state index >= 15 is 0 Å². The van der Waals surface area contributed by atoms with Crippen molar-refractivity contribution in [2.45, 2.75) is 13.1 Å². The largest absolute Gasteiger partial charge is 0.502 e. The molecule has 0 aliphatic carbocycles. The van der Waals surface area contributed by atoms with Crippen LogP contribution in [-0.4, -0.2) is 33.7 Å². The van der Waals surface area contributed by atoms with Crippen molar-refractivity contribution in [2.24, 2.45) is 7.05 Å². The molecule has 1 aromatic carbocycles. The summed E-state index contributed by atoms with van der Waals surface area (Å²) in [5.74, 6) is -1.14. The number of carbonyl (C=O) groups is 1. The second kappa shape index (κ2) is 8.79. The van der Waals surface area contributed by atoms with Crippen LogP contribution in [0.1, 0.15) is 22.5 Å². The summed E-state index contributed by atoms with van der Waals surface area (Å²) in [5.41, 5.74) is -1.28. The average Bonchev–Trinajstić information content (AvgIpc) is 2.66. The first-order chi connectivity index (χ1) is 12.8. The van der Waals surface area contributed by atoms with Gasteiger partial charge < -0.3 is 19.7 Å². The average molecular weight is 379 g/mol. The first-order valence-electron chi connectivity index (χ1n) is 7.98. The maximum atomic E-state index is 12.9. The molecule has 0 bridgehead atoms. The van der Waals surface area contributed by atoms with E-state index in [0.29, 0.717) is 12.2 Å². The number of aromatic nitrogens is 1. The van der Waals surface area contributed by atoms with Gasteiger partial charge in [0.1, 0.15) is 12.4 Å². The Labute approximate surface area is 153 Å². The van der Waals surface area contributed by atoms with E-state index in [0.717, 1.165) is 10.6 Å². The fraction of sp³-hybridized carbons (Fsp3) is 0.294. The predicted molar refractivity (Wildman–Crippen MR) is 93.7 cm³/mol. The van der Waals surface area contributed by atoms with Gasteiger partial charge in [-0.15, -0.1) is 0 Å². The highest BCUT2D eigenvalue weighted by Crippen LogP contribution is 2.19. The summed E-state index contributed by atoms with van der Waals surface area (Å²) in [5, 5.41) is 23.0. The van der Waals surface area contributed by atoms with Crippen LogP contribution in [0.4, 0.5) is 10.1 Å². The molecule has 1 heterocycles. The lowest BCUT2D eigenvalue weighted by Crippen LogP contribution is -2.29. The van der Waals surface area contributed by atoms with Gasteiger partial charge in [0.05, 0.1) is 28.9 Å². The van der Waals surface area contributed by atoms with E-state index < -0.39 is 28.8 Å². The van der Waals surface area contributed by atoms with Gasteiger partial charge in [0, 0.05) is 19.7 Å². The van der Waals surface area contributed by atoms with Crippen LogP contribution in [0.25, 0.3) is 0 Å². The summed E-state index contributed by atoms with van der Waals surface area (Å²) >= 11 is 0. The molecule has 2 aromatic rings. The van der Waals surface area contributed by atoms with Gasteiger partial charge in [0.15, 0.2) is 5.75 Å². The van der Waals surface area contributed by atoms with Crippen LogP contribution in [0, 0.1) is 10.1 Å². The Hall–Kier alpha value is -3.43. The van der Waals surface area contributed by atoms with E-state index in [1.54, 1.807) is 6.07 Å². The quantitative estimate of drug-likeness (QED) is 0.408. The first-order valence-corrected chi connectivity index (χ1v) is 7.98. The Morgan fingerprint density at radius 3 is 2.81 bits per heavy atom. The number of halogens is 1. The van der Waals surface area contributed by atoms with Crippen molar-refractivity contribution in [2.75, 3.05) is 13.2 Å². The van der Waals surface area contributed by atoms with Crippen molar-refractivity contribution in [3.8, 4) is 11.5 Å². The van der Waals surface area contributed by atoms with Crippen molar-refractivity contribution in [1.82, 2.24) is 9.88 Å². The predicted octanol–water partition coefficient (Wildman–Crippen LogP) is 1.67. The number of nitrogens with one attached hydrogen (secondary N) is 1. The van der Waals surface area contributed by atoms with Gasteiger partial charge in [-0.2, -0.15) is 0 Å². The van der Waals surface area contributed by atoms with Gasteiger partial charge in [0.2, 0.25) is 0 Å². The second-order valence-electron chi connectivity index (χ2n) is 5.61.